The van der Waals surface area contributed by atoms with Crippen LogP contribution < -0.4 is 5.32 Å². The fourth-order valence-electron chi connectivity index (χ4n) is 1.95. The van der Waals surface area contributed by atoms with Gasteiger partial charge in [-0.1, -0.05) is 13.8 Å². The normalized spacial score (nSPS) is 15.7. The molecule has 5 nitrogen and oxygen atoms in total. The van der Waals surface area contributed by atoms with Crippen molar-refractivity contribution in [1.29, 1.82) is 0 Å². The van der Waals surface area contributed by atoms with Crippen molar-refractivity contribution >= 4 is 22.6 Å². The number of likely N-dealkylation sites (tertiary alicyclic amines) is 1. The zero-order chi connectivity index (χ0) is 13.0. The minimum Gasteiger partial charge on any atom is -0.360 e. The third kappa shape index (κ3) is 3.41. The van der Waals surface area contributed by atoms with Crippen LogP contribution in [0.15, 0.2) is 0 Å². The molecular formula is C12H20N4OS. The summed E-state index contributed by atoms with van der Waals surface area (Å²) in [6.07, 6.45) is 2.70. The van der Waals surface area contributed by atoms with E-state index in [0.29, 0.717) is 11.8 Å². The summed E-state index contributed by atoms with van der Waals surface area (Å²) in [6.45, 7) is 6.79. The molecule has 0 aliphatic carbocycles. The molecule has 1 aromatic heterocycles. The topological polar surface area (TPSA) is 58.1 Å². The van der Waals surface area contributed by atoms with Gasteiger partial charge in [0, 0.05) is 43.5 Å². The van der Waals surface area contributed by atoms with Gasteiger partial charge in [-0.2, -0.15) is 4.37 Å². The Labute approximate surface area is 112 Å². The monoisotopic (exact) mass is 268 g/mol. The molecule has 0 atom stereocenters. The second-order valence-corrected chi connectivity index (χ2v) is 5.63. The summed E-state index contributed by atoms with van der Waals surface area (Å²) in [4.78, 5) is 17.8. The molecule has 0 saturated carbocycles. The first-order valence-corrected chi connectivity index (χ1v) is 7.29. The first kappa shape index (κ1) is 13.3. The SMILES string of the molecule is CC(C)c1nsc(NCCCN2CCCC2=O)n1. The van der Waals surface area contributed by atoms with E-state index in [0.717, 1.165) is 49.9 Å². The van der Waals surface area contributed by atoms with Crippen LogP contribution >= 0.6 is 11.5 Å². The highest BCUT2D eigenvalue weighted by atomic mass is 32.1. The summed E-state index contributed by atoms with van der Waals surface area (Å²) in [5.41, 5.74) is 0. The number of carbonyl (C=O) groups excluding carboxylic acids is 1. The molecule has 0 bridgehead atoms. The van der Waals surface area contributed by atoms with Crippen LogP contribution in [0.1, 0.15) is 44.9 Å². The summed E-state index contributed by atoms with van der Waals surface area (Å²) < 4.78 is 4.29. The summed E-state index contributed by atoms with van der Waals surface area (Å²) in [5, 5.41) is 4.15. The van der Waals surface area contributed by atoms with Crippen molar-refractivity contribution in [3.8, 4) is 0 Å². The second-order valence-electron chi connectivity index (χ2n) is 4.88. The predicted octanol–water partition coefficient (Wildman–Crippen LogP) is 2.09. The van der Waals surface area contributed by atoms with Crippen LogP contribution in [0.4, 0.5) is 5.13 Å². The number of nitrogens with zero attached hydrogens (tertiary/aromatic N) is 3. The third-order valence-electron chi connectivity index (χ3n) is 3.01. The molecule has 18 heavy (non-hydrogen) atoms. The Balaban J connectivity index is 1.67. The van der Waals surface area contributed by atoms with Crippen molar-refractivity contribution in [3.05, 3.63) is 5.82 Å². The van der Waals surface area contributed by atoms with Crippen LogP contribution in [0.2, 0.25) is 0 Å². The van der Waals surface area contributed by atoms with Crippen molar-refractivity contribution in [3.63, 3.8) is 0 Å². The van der Waals surface area contributed by atoms with Crippen molar-refractivity contribution in [1.82, 2.24) is 14.3 Å². The van der Waals surface area contributed by atoms with Gasteiger partial charge in [-0.3, -0.25) is 4.79 Å². The predicted molar refractivity (Wildman–Crippen MR) is 72.9 cm³/mol. The Morgan fingerprint density at radius 3 is 2.94 bits per heavy atom. The zero-order valence-corrected chi connectivity index (χ0v) is 11.8. The standard InChI is InChI=1S/C12H20N4OS/c1-9(2)11-14-12(18-15-11)13-6-4-8-16-7-3-5-10(16)17/h9H,3-8H2,1-2H3,(H,13,14,15). The lowest BCUT2D eigenvalue weighted by molar-refractivity contribution is -0.127. The molecule has 2 heterocycles. The van der Waals surface area contributed by atoms with E-state index in [-0.39, 0.29) is 0 Å². The molecule has 0 aromatic carbocycles. The van der Waals surface area contributed by atoms with Gasteiger partial charge >= 0.3 is 0 Å². The van der Waals surface area contributed by atoms with Gasteiger partial charge in [0.1, 0.15) is 5.82 Å². The molecule has 1 aromatic rings. The molecular weight excluding hydrogens is 248 g/mol. The molecule has 6 heteroatoms. The smallest absolute Gasteiger partial charge is 0.222 e. The number of rotatable bonds is 6. The van der Waals surface area contributed by atoms with Crippen LogP contribution in [0.25, 0.3) is 0 Å². The van der Waals surface area contributed by atoms with Gasteiger partial charge in [-0.25, -0.2) is 4.98 Å². The van der Waals surface area contributed by atoms with Crippen LogP contribution in [-0.4, -0.2) is 39.8 Å². The highest BCUT2D eigenvalue weighted by Gasteiger charge is 2.18. The van der Waals surface area contributed by atoms with E-state index in [1.807, 2.05) is 4.90 Å². The number of hydrogen-bond donors (Lipinski definition) is 1. The Morgan fingerprint density at radius 1 is 1.50 bits per heavy atom. The van der Waals surface area contributed by atoms with Crippen LogP contribution in [0.3, 0.4) is 0 Å². The fourth-order valence-corrected chi connectivity index (χ4v) is 2.68. The molecule has 2 rings (SSSR count). The minimum absolute atomic E-state index is 0.299. The van der Waals surface area contributed by atoms with Crippen LogP contribution in [0, 0.1) is 0 Å². The number of amides is 1. The van der Waals surface area contributed by atoms with E-state index in [9.17, 15) is 4.79 Å². The Bertz CT molecular complexity index is 405. The summed E-state index contributed by atoms with van der Waals surface area (Å²) >= 11 is 1.41. The molecule has 1 saturated heterocycles. The third-order valence-corrected chi connectivity index (χ3v) is 3.70. The van der Waals surface area contributed by atoms with Crippen LogP contribution in [0.5, 0.6) is 0 Å². The van der Waals surface area contributed by atoms with Crippen molar-refractivity contribution in [2.45, 2.75) is 39.0 Å². The highest BCUT2D eigenvalue weighted by Crippen LogP contribution is 2.17. The Morgan fingerprint density at radius 2 is 2.33 bits per heavy atom. The van der Waals surface area contributed by atoms with E-state index >= 15 is 0 Å². The van der Waals surface area contributed by atoms with E-state index in [1.165, 1.54) is 11.5 Å². The fraction of sp³-hybridized carbons (Fsp3) is 0.750. The number of anilines is 1. The molecule has 1 fully saturated rings. The van der Waals surface area contributed by atoms with E-state index < -0.39 is 0 Å². The molecule has 1 amide bonds. The number of hydrogen-bond acceptors (Lipinski definition) is 5. The molecule has 1 N–H and O–H groups in total. The molecule has 1 aliphatic heterocycles. The van der Waals surface area contributed by atoms with Gasteiger partial charge < -0.3 is 10.2 Å². The average Bonchev–Trinajstić information content (AvgIpc) is 2.94. The van der Waals surface area contributed by atoms with Gasteiger partial charge in [0.15, 0.2) is 0 Å². The molecule has 1 aliphatic rings. The largest absolute Gasteiger partial charge is 0.360 e. The van der Waals surface area contributed by atoms with Crippen molar-refractivity contribution in [2.75, 3.05) is 25.0 Å². The van der Waals surface area contributed by atoms with Gasteiger partial charge in [0.25, 0.3) is 0 Å². The van der Waals surface area contributed by atoms with E-state index in [1.54, 1.807) is 0 Å². The molecule has 0 radical (unpaired) electrons. The molecule has 100 valence electrons. The lowest BCUT2D eigenvalue weighted by Gasteiger charge is -2.14. The summed E-state index contributed by atoms with van der Waals surface area (Å²) in [5.74, 6) is 1.57. The van der Waals surface area contributed by atoms with Crippen molar-refractivity contribution < 1.29 is 4.79 Å². The maximum Gasteiger partial charge on any atom is 0.222 e. The van der Waals surface area contributed by atoms with Gasteiger partial charge in [-0.05, 0) is 12.8 Å². The Hall–Kier alpha value is -1.17. The van der Waals surface area contributed by atoms with E-state index in [2.05, 4.69) is 28.5 Å². The van der Waals surface area contributed by atoms with Crippen molar-refractivity contribution in [2.24, 2.45) is 0 Å². The van der Waals surface area contributed by atoms with Gasteiger partial charge in [0.05, 0.1) is 0 Å². The minimum atomic E-state index is 0.299. The maximum atomic E-state index is 11.4. The molecule has 0 spiro atoms. The van der Waals surface area contributed by atoms with Crippen LogP contribution in [-0.2, 0) is 4.79 Å². The first-order chi connectivity index (χ1) is 8.66. The van der Waals surface area contributed by atoms with Gasteiger partial charge in [-0.15, -0.1) is 0 Å². The lowest BCUT2D eigenvalue weighted by atomic mass is 10.2. The average molecular weight is 268 g/mol. The summed E-state index contributed by atoms with van der Waals surface area (Å²) in [7, 11) is 0. The summed E-state index contributed by atoms with van der Waals surface area (Å²) in [6, 6.07) is 0. The Kier molecular flexibility index (Phi) is 4.52. The number of carbonyl (C=O) groups is 1. The quantitative estimate of drug-likeness (QED) is 0.803. The molecule has 0 unspecified atom stereocenters. The zero-order valence-electron chi connectivity index (χ0n) is 11.0. The van der Waals surface area contributed by atoms with Gasteiger partial charge in [0.2, 0.25) is 11.0 Å². The highest BCUT2D eigenvalue weighted by molar-refractivity contribution is 7.09. The second kappa shape index (κ2) is 6.13. The first-order valence-electron chi connectivity index (χ1n) is 6.52. The maximum absolute atomic E-state index is 11.4. The number of nitrogens with one attached hydrogen (secondary N) is 1. The van der Waals surface area contributed by atoms with E-state index in [4.69, 9.17) is 0 Å². The number of aromatic nitrogens is 2. The lowest BCUT2D eigenvalue weighted by Crippen LogP contribution is -2.26.